The molecule has 5 heteroatoms. The highest BCUT2D eigenvalue weighted by Crippen LogP contribution is 2.28. The Morgan fingerprint density at radius 3 is 2.79 bits per heavy atom. The fraction of sp³-hybridized carbons (Fsp3) is 0.214. The molecule has 0 spiro atoms. The number of aryl methyl sites for hydroxylation is 1. The maximum Gasteiger partial charge on any atom is 0.225 e. The van der Waals surface area contributed by atoms with E-state index < -0.39 is 0 Å². The molecule has 0 aromatic carbocycles. The molecule has 0 saturated carbocycles. The van der Waals surface area contributed by atoms with E-state index in [1.807, 2.05) is 44.4 Å². The molecule has 0 atom stereocenters. The van der Waals surface area contributed by atoms with Gasteiger partial charge in [-0.2, -0.15) is 0 Å². The number of pyridine rings is 1. The predicted molar refractivity (Wildman–Crippen MR) is 76.1 cm³/mol. The molecule has 0 fully saturated rings. The summed E-state index contributed by atoms with van der Waals surface area (Å²) in [7, 11) is 5.89. The number of anilines is 1. The lowest BCUT2D eigenvalue weighted by Gasteiger charge is -2.10. The Bertz CT molecular complexity index is 730. The van der Waals surface area contributed by atoms with Crippen molar-refractivity contribution in [3.63, 3.8) is 0 Å². The van der Waals surface area contributed by atoms with Gasteiger partial charge in [0.1, 0.15) is 0 Å². The van der Waals surface area contributed by atoms with Crippen LogP contribution >= 0.6 is 0 Å². The minimum absolute atomic E-state index is 0.712. The minimum Gasteiger partial charge on any atom is -0.349 e. The topological polar surface area (TPSA) is 46.8 Å². The van der Waals surface area contributed by atoms with Gasteiger partial charge < -0.3 is 9.47 Å². The summed E-state index contributed by atoms with van der Waals surface area (Å²) in [5.74, 6) is 0.712. The van der Waals surface area contributed by atoms with Crippen LogP contribution < -0.4 is 4.90 Å². The summed E-state index contributed by atoms with van der Waals surface area (Å²) in [4.78, 5) is 14.9. The van der Waals surface area contributed by atoms with Crippen LogP contribution in [0.1, 0.15) is 0 Å². The van der Waals surface area contributed by atoms with Crippen molar-refractivity contribution >= 4 is 16.9 Å². The van der Waals surface area contributed by atoms with E-state index in [1.54, 1.807) is 12.4 Å². The summed E-state index contributed by atoms with van der Waals surface area (Å²) in [6.45, 7) is 0. The standard InChI is InChI=1S/C14H15N5/c1-18(2)14-16-7-5-12(17-14)11-9-19(3)13-8-15-6-4-10(11)13/h4-9H,1-3H3. The van der Waals surface area contributed by atoms with Gasteiger partial charge in [-0.25, -0.2) is 9.97 Å². The number of rotatable bonds is 2. The van der Waals surface area contributed by atoms with Gasteiger partial charge in [0.2, 0.25) is 5.95 Å². The molecule has 96 valence electrons. The molecule has 5 nitrogen and oxygen atoms in total. The van der Waals surface area contributed by atoms with Gasteiger partial charge in [-0.1, -0.05) is 0 Å². The second-order valence-electron chi connectivity index (χ2n) is 4.68. The third-order valence-electron chi connectivity index (χ3n) is 3.11. The summed E-state index contributed by atoms with van der Waals surface area (Å²) in [5, 5.41) is 1.15. The van der Waals surface area contributed by atoms with E-state index in [4.69, 9.17) is 0 Å². The van der Waals surface area contributed by atoms with Crippen LogP contribution in [-0.2, 0) is 7.05 Å². The maximum absolute atomic E-state index is 4.59. The Morgan fingerprint density at radius 2 is 2.00 bits per heavy atom. The third-order valence-corrected chi connectivity index (χ3v) is 3.11. The van der Waals surface area contributed by atoms with Crippen LogP contribution in [0.15, 0.2) is 36.9 Å². The molecule has 0 aliphatic rings. The zero-order chi connectivity index (χ0) is 13.4. The van der Waals surface area contributed by atoms with Gasteiger partial charge in [0.05, 0.1) is 17.4 Å². The van der Waals surface area contributed by atoms with Crippen LogP contribution in [0, 0.1) is 0 Å². The van der Waals surface area contributed by atoms with E-state index in [-0.39, 0.29) is 0 Å². The summed E-state index contributed by atoms with van der Waals surface area (Å²) >= 11 is 0. The number of hydrogen-bond donors (Lipinski definition) is 0. The van der Waals surface area contributed by atoms with Crippen molar-refractivity contribution in [3.05, 3.63) is 36.9 Å². The lowest BCUT2D eigenvalue weighted by atomic mass is 10.1. The first-order valence-corrected chi connectivity index (χ1v) is 6.06. The van der Waals surface area contributed by atoms with Crippen LogP contribution in [0.3, 0.4) is 0 Å². The lowest BCUT2D eigenvalue weighted by Crippen LogP contribution is -2.12. The molecule has 0 saturated heterocycles. The normalized spacial score (nSPS) is 10.9. The summed E-state index contributed by atoms with van der Waals surface area (Å²) in [6.07, 6.45) is 7.54. The van der Waals surface area contributed by atoms with E-state index >= 15 is 0 Å². The maximum atomic E-state index is 4.59. The Morgan fingerprint density at radius 1 is 1.16 bits per heavy atom. The molecular weight excluding hydrogens is 238 g/mol. The SMILES string of the molecule is CN(C)c1nccc(-c2cn(C)c3cnccc23)n1. The van der Waals surface area contributed by atoms with Crippen molar-refractivity contribution in [2.75, 3.05) is 19.0 Å². The first-order valence-electron chi connectivity index (χ1n) is 6.06. The summed E-state index contributed by atoms with van der Waals surface area (Å²) in [6, 6.07) is 3.95. The van der Waals surface area contributed by atoms with Crippen molar-refractivity contribution in [2.24, 2.45) is 7.05 Å². The van der Waals surface area contributed by atoms with Crippen LogP contribution in [0.4, 0.5) is 5.95 Å². The molecule has 3 aromatic heterocycles. The highest BCUT2D eigenvalue weighted by atomic mass is 15.2. The first kappa shape index (κ1) is 11.6. The zero-order valence-corrected chi connectivity index (χ0v) is 11.2. The number of nitrogens with zero attached hydrogens (tertiary/aromatic N) is 5. The van der Waals surface area contributed by atoms with Crippen LogP contribution in [0.2, 0.25) is 0 Å². The second kappa shape index (κ2) is 4.35. The van der Waals surface area contributed by atoms with Gasteiger partial charge in [0.15, 0.2) is 0 Å². The Balaban J connectivity index is 2.22. The van der Waals surface area contributed by atoms with E-state index in [0.717, 1.165) is 22.2 Å². The van der Waals surface area contributed by atoms with E-state index in [0.29, 0.717) is 5.95 Å². The predicted octanol–water partition coefficient (Wildman–Crippen LogP) is 2.10. The summed E-state index contributed by atoms with van der Waals surface area (Å²) < 4.78 is 2.06. The lowest BCUT2D eigenvalue weighted by molar-refractivity contribution is 0.963. The monoisotopic (exact) mass is 253 g/mol. The molecular formula is C14H15N5. The molecule has 0 bridgehead atoms. The van der Waals surface area contributed by atoms with Crippen molar-refractivity contribution in [1.82, 2.24) is 19.5 Å². The average molecular weight is 253 g/mol. The largest absolute Gasteiger partial charge is 0.349 e. The fourth-order valence-electron chi connectivity index (χ4n) is 2.15. The van der Waals surface area contributed by atoms with Crippen LogP contribution in [-0.4, -0.2) is 33.6 Å². The molecule has 3 heterocycles. The van der Waals surface area contributed by atoms with Gasteiger partial charge in [0.25, 0.3) is 0 Å². The van der Waals surface area contributed by atoms with Crippen LogP contribution in [0.5, 0.6) is 0 Å². The van der Waals surface area contributed by atoms with Crippen molar-refractivity contribution in [2.45, 2.75) is 0 Å². The second-order valence-corrected chi connectivity index (χ2v) is 4.68. The highest BCUT2D eigenvalue weighted by molar-refractivity contribution is 5.94. The molecule has 0 aliphatic heterocycles. The van der Waals surface area contributed by atoms with E-state index in [2.05, 4.69) is 25.7 Å². The smallest absolute Gasteiger partial charge is 0.225 e. The molecule has 0 amide bonds. The third kappa shape index (κ3) is 1.93. The van der Waals surface area contributed by atoms with E-state index in [9.17, 15) is 0 Å². The molecule has 0 unspecified atom stereocenters. The minimum atomic E-state index is 0.712. The van der Waals surface area contributed by atoms with Crippen molar-refractivity contribution < 1.29 is 0 Å². The molecule has 0 N–H and O–H groups in total. The Hall–Kier alpha value is -2.43. The molecule has 3 aromatic rings. The molecule has 3 rings (SSSR count). The number of fused-ring (bicyclic) bond motifs is 1. The number of hydrogen-bond acceptors (Lipinski definition) is 4. The van der Waals surface area contributed by atoms with Crippen LogP contribution in [0.25, 0.3) is 22.2 Å². The van der Waals surface area contributed by atoms with Gasteiger partial charge in [-0.3, -0.25) is 4.98 Å². The Labute approximate surface area is 111 Å². The quantitative estimate of drug-likeness (QED) is 0.701. The first-order chi connectivity index (χ1) is 9.16. The van der Waals surface area contributed by atoms with Crippen molar-refractivity contribution in [1.29, 1.82) is 0 Å². The van der Waals surface area contributed by atoms with Gasteiger partial charge >= 0.3 is 0 Å². The average Bonchev–Trinajstić information content (AvgIpc) is 2.77. The number of aromatic nitrogens is 4. The Kier molecular flexibility index (Phi) is 2.67. The molecule has 0 aliphatic carbocycles. The fourth-order valence-corrected chi connectivity index (χ4v) is 2.15. The highest BCUT2D eigenvalue weighted by Gasteiger charge is 2.10. The van der Waals surface area contributed by atoms with E-state index in [1.165, 1.54) is 0 Å². The summed E-state index contributed by atoms with van der Waals surface area (Å²) in [5.41, 5.74) is 3.13. The zero-order valence-electron chi connectivity index (χ0n) is 11.2. The molecule has 0 radical (unpaired) electrons. The van der Waals surface area contributed by atoms with Gasteiger partial charge in [0, 0.05) is 50.7 Å². The molecule has 19 heavy (non-hydrogen) atoms. The van der Waals surface area contributed by atoms with Crippen molar-refractivity contribution in [3.8, 4) is 11.3 Å². The van der Waals surface area contributed by atoms with Gasteiger partial charge in [-0.15, -0.1) is 0 Å². The van der Waals surface area contributed by atoms with Gasteiger partial charge in [-0.05, 0) is 12.1 Å².